The fraction of sp³-hybridized carbons (Fsp3) is 0.750. The molecule has 0 spiro atoms. The van der Waals surface area contributed by atoms with Crippen LogP contribution < -0.4 is 5.73 Å². The lowest BCUT2D eigenvalue weighted by atomic mass is 9.88. The third kappa shape index (κ3) is 4.81. The zero-order chi connectivity index (χ0) is 26.9. The number of imidazole rings is 1. The molecule has 2 aromatic heterocycles. The molecule has 0 radical (unpaired) electrons. The topological polar surface area (TPSA) is 235 Å². The number of rotatable bonds is 11. The zero-order valence-corrected chi connectivity index (χ0v) is 21.5. The average Bonchev–Trinajstić information content (AvgIpc) is 3.35. The van der Waals surface area contributed by atoms with Gasteiger partial charge in [-0.05, 0) is 36.3 Å². The summed E-state index contributed by atoms with van der Waals surface area (Å²) in [7, 11) is -4.52. The second-order valence-corrected chi connectivity index (χ2v) is 10.9. The van der Waals surface area contributed by atoms with Crippen molar-refractivity contribution < 1.29 is 34.0 Å². The number of nitrogen functional groups attached to an aromatic ring is 1. The van der Waals surface area contributed by atoms with E-state index in [0.717, 1.165) is 0 Å². The standard InChI is InChI=1S/C20H33N8O7P/c1-5-19(6-2,35-36(32,33)20(31,7-3)8-4)9-11-13(29)14(30)17(34-11)28-16-12(15(21)23-10-24-16)25-18(28)26-27-22/h10-11,13-14,17,29-31H,5-9H2,1-4H3,(H,32,33)(H2,21,23,24)/t11?,13?,14-,17-/m1/s1. The van der Waals surface area contributed by atoms with Gasteiger partial charge in [0.15, 0.2) is 28.6 Å². The average molecular weight is 529 g/mol. The quantitative estimate of drug-likeness (QED) is 0.123. The molecule has 0 saturated carbocycles. The molecule has 0 amide bonds. The molecule has 3 unspecified atom stereocenters. The molecular weight excluding hydrogens is 495 g/mol. The van der Waals surface area contributed by atoms with Crippen molar-refractivity contribution in [2.75, 3.05) is 5.73 Å². The van der Waals surface area contributed by atoms with Crippen molar-refractivity contribution in [2.24, 2.45) is 5.11 Å². The second-order valence-electron chi connectivity index (χ2n) is 8.84. The summed E-state index contributed by atoms with van der Waals surface area (Å²) >= 11 is 0. The van der Waals surface area contributed by atoms with Gasteiger partial charge in [-0.2, -0.15) is 0 Å². The maximum Gasteiger partial charge on any atom is 0.359 e. The Hall–Kier alpha value is -2.35. The van der Waals surface area contributed by atoms with E-state index in [9.17, 15) is 24.8 Å². The van der Waals surface area contributed by atoms with Gasteiger partial charge >= 0.3 is 7.60 Å². The second kappa shape index (κ2) is 10.6. The van der Waals surface area contributed by atoms with Gasteiger partial charge in [0.25, 0.3) is 0 Å². The maximum absolute atomic E-state index is 13.1. The van der Waals surface area contributed by atoms with Crippen LogP contribution in [-0.2, 0) is 13.8 Å². The van der Waals surface area contributed by atoms with E-state index in [0.29, 0.717) is 0 Å². The van der Waals surface area contributed by atoms with E-state index in [1.54, 1.807) is 27.7 Å². The summed E-state index contributed by atoms with van der Waals surface area (Å²) in [4.78, 5) is 25.5. The van der Waals surface area contributed by atoms with E-state index in [1.165, 1.54) is 10.9 Å². The molecule has 200 valence electrons. The first-order chi connectivity index (χ1) is 16.9. The molecule has 1 aliphatic heterocycles. The largest absolute Gasteiger partial charge is 0.388 e. The summed E-state index contributed by atoms with van der Waals surface area (Å²) in [6, 6.07) is 0. The van der Waals surface area contributed by atoms with Crippen LogP contribution in [0, 0.1) is 0 Å². The van der Waals surface area contributed by atoms with Crippen molar-refractivity contribution in [3.63, 3.8) is 0 Å². The van der Waals surface area contributed by atoms with Crippen molar-refractivity contribution in [3.8, 4) is 0 Å². The first kappa shape index (κ1) is 28.2. The third-order valence-corrected chi connectivity index (χ3v) is 9.37. The Kier molecular flexibility index (Phi) is 8.28. The minimum absolute atomic E-state index is 0.00497. The van der Waals surface area contributed by atoms with Gasteiger partial charge in [-0.1, -0.05) is 27.7 Å². The summed E-state index contributed by atoms with van der Waals surface area (Å²) in [6.07, 6.45) is -3.68. The van der Waals surface area contributed by atoms with Crippen LogP contribution >= 0.6 is 7.60 Å². The van der Waals surface area contributed by atoms with Gasteiger partial charge < -0.3 is 30.7 Å². The van der Waals surface area contributed by atoms with E-state index >= 15 is 0 Å². The first-order valence-corrected chi connectivity index (χ1v) is 13.3. The molecule has 2 aromatic rings. The highest BCUT2D eigenvalue weighted by Gasteiger charge is 2.53. The molecule has 6 N–H and O–H groups in total. The lowest BCUT2D eigenvalue weighted by Crippen LogP contribution is -2.42. The van der Waals surface area contributed by atoms with Crippen molar-refractivity contribution >= 4 is 30.5 Å². The number of aliphatic hydroxyl groups excluding tert-OH is 2. The molecule has 0 bridgehead atoms. The fourth-order valence-electron chi connectivity index (χ4n) is 4.44. The highest BCUT2D eigenvalue weighted by Crippen LogP contribution is 2.61. The van der Waals surface area contributed by atoms with Crippen LogP contribution in [0.4, 0.5) is 11.8 Å². The van der Waals surface area contributed by atoms with E-state index in [2.05, 4.69) is 25.0 Å². The van der Waals surface area contributed by atoms with Crippen molar-refractivity contribution in [1.82, 2.24) is 19.5 Å². The van der Waals surface area contributed by atoms with Crippen LogP contribution in [0.25, 0.3) is 21.6 Å². The number of ether oxygens (including phenoxy) is 1. The normalized spacial score (nSPS) is 24.6. The van der Waals surface area contributed by atoms with Crippen molar-refractivity contribution in [2.45, 2.75) is 95.3 Å². The smallest absolute Gasteiger partial charge is 0.359 e. The molecule has 1 aliphatic rings. The van der Waals surface area contributed by atoms with Crippen LogP contribution in [0.2, 0.25) is 0 Å². The number of aromatic nitrogens is 4. The zero-order valence-electron chi connectivity index (χ0n) is 20.6. The Balaban J connectivity index is 1.97. The monoisotopic (exact) mass is 528 g/mol. The Bertz CT molecular complexity index is 1180. The molecular formula is C20H33N8O7P. The molecule has 1 fully saturated rings. The summed E-state index contributed by atoms with van der Waals surface area (Å²) in [6.45, 7) is 6.68. The molecule has 3 heterocycles. The van der Waals surface area contributed by atoms with Gasteiger partial charge in [-0.25, -0.2) is 15.0 Å². The Morgan fingerprint density at radius 2 is 1.86 bits per heavy atom. The van der Waals surface area contributed by atoms with Gasteiger partial charge in [-0.15, -0.1) is 0 Å². The SMILES string of the molecule is CCC(CC)(CC1O[C@@H](n2c(N=[N+]=[N-])nc3c(N)ncnc32)[C@H](O)C1O)OP(=O)(O)C(O)(CC)CC. The molecule has 5 atom stereocenters. The van der Waals surface area contributed by atoms with E-state index < -0.39 is 43.1 Å². The third-order valence-electron chi connectivity index (χ3n) is 7.05. The maximum atomic E-state index is 13.1. The Morgan fingerprint density at radius 1 is 1.22 bits per heavy atom. The number of aliphatic hydroxyl groups is 3. The number of nitrogens with zero attached hydrogens (tertiary/aromatic N) is 7. The summed E-state index contributed by atoms with van der Waals surface area (Å²) in [5, 5.41) is 34.1. The van der Waals surface area contributed by atoms with Crippen molar-refractivity contribution in [1.29, 1.82) is 0 Å². The van der Waals surface area contributed by atoms with E-state index in [1.807, 2.05) is 0 Å². The molecule has 15 nitrogen and oxygen atoms in total. The number of azide groups is 1. The molecule has 0 aromatic carbocycles. The summed E-state index contributed by atoms with van der Waals surface area (Å²) in [5.41, 5.74) is 13.8. The van der Waals surface area contributed by atoms with Crippen LogP contribution in [0.5, 0.6) is 0 Å². The minimum Gasteiger partial charge on any atom is -0.388 e. The van der Waals surface area contributed by atoms with Gasteiger partial charge in [-0.3, -0.25) is 13.7 Å². The molecule has 0 aliphatic carbocycles. The predicted molar refractivity (Wildman–Crippen MR) is 129 cm³/mol. The number of anilines is 1. The summed E-state index contributed by atoms with van der Waals surface area (Å²) < 4.78 is 26.1. The highest BCUT2D eigenvalue weighted by molar-refractivity contribution is 7.54. The first-order valence-electron chi connectivity index (χ1n) is 11.7. The summed E-state index contributed by atoms with van der Waals surface area (Å²) in [5.74, 6) is -0.193. The van der Waals surface area contributed by atoms with Gasteiger partial charge in [0, 0.05) is 11.3 Å². The predicted octanol–water partition coefficient (Wildman–Crippen LogP) is 2.63. The number of hydrogen-bond donors (Lipinski definition) is 5. The number of nitrogens with two attached hydrogens (primary N) is 1. The van der Waals surface area contributed by atoms with Crippen LogP contribution in [-0.4, -0.2) is 69.0 Å². The van der Waals surface area contributed by atoms with Gasteiger partial charge in [0.05, 0.1) is 11.7 Å². The molecule has 1 saturated heterocycles. The molecule has 16 heteroatoms. The van der Waals surface area contributed by atoms with Crippen LogP contribution in [0.3, 0.4) is 0 Å². The fourth-order valence-corrected chi connectivity index (χ4v) is 6.27. The van der Waals surface area contributed by atoms with Gasteiger partial charge in [0.2, 0.25) is 5.95 Å². The molecule has 36 heavy (non-hydrogen) atoms. The van der Waals surface area contributed by atoms with E-state index in [4.69, 9.17) is 20.5 Å². The van der Waals surface area contributed by atoms with E-state index in [-0.39, 0.29) is 55.0 Å². The van der Waals surface area contributed by atoms with Crippen molar-refractivity contribution in [3.05, 3.63) is 16.8 Å². The molecule has 3 rings (SSSR count). The van der Waals surface area contributed by atoms with Gasteiger partial charge in [0.1, 0.15) is 18.5 Å². The minimum atomic E-state index is -4.52. The number of hydrogen-bond acceptors (Lipinski definition) is 11. The highest BCUT2D eigenvalue weighted by atomic mass is 31.2. The van der Waals surface area contributed by atoms with Crippen LogP contribution in [0.15, 0.2) is 11.4 Å². The Labute approximate surface area is 207 Å². The Morgan fingerprint density at radius 3 is 2.42 bits per heavy atom. The lowest BCUT2D eigenvalue weighted by Gasteiger charge is -2.40. The lowest BCUT2D eigenvalue weighted by molar-refractivity contribution is -0.0756. The number of fused-ring (bicyclic) bond motifs is 1. The van der Waals surface area contributed by atoms with Crippen LogP contribution in [0.1, 0.15) is 66.0 Å².